The Morgan fingerprint density at radius 3 is 2.67 bits per heavy atom. The van der Waals surface area contributed by atoms with Crippen LogP contribution >= 0.6 is 0 Å². The Balaban J connectivity index is 2.12. The minimum atomic E-state index is -0.233. The van der Waals surface area contributed by atoms with Crippen molar-refractivity contribution in [2.24, 2.45) is 11.7 Å². The van der Waals surface area contributed by atoms with Crippen molar-refractivity contribution in [3.05, 3.63) is 6.33 Å². The van der Waals surface area contributed by atoms with E-state index in [1.807, 2.05) is 4.90 Å². The van der Waals surface area contributed by atoms with E-state index in [4.69, 9.17) is 16.2 Å². The summed E-state index contributed by atoms with van der Waals surface area (Å²) in [6, 6.07) is 0. The number of rotatable bonds is 3. The van der Waals surface area contributed by atoms with Gasteiger partial charge in [-0.3, -0.25) is 4.79 Å². The number of methoxy groups -OCH3 is 1. The summed E-state index contributed by atoms with van der Waals surface area (Å²) in [6.07, 6.45) is 2.87. The van der Waals surface area contributed by atoms with E-state index in [9.17, 15) is 4.79 Å². The lowest BCUT2D eigenvalue weighted by Crippen LogP contribution is -2.39. The number of carbonyl (C=O) groups excluding carboxylic acids is 1. The molecular weight excluding hydrogens is 234 g/mol. The second-order valence-electron chi connectivity index (χ2n) is 4.28. The fourth-order valence-electron chi connectivity index (χ4n) is 2.16. The van der Waals surface area contributed by atoms with Crippen molar-refractivity contribution < 1.29 is 9.53 Å². The lowest BCUT2D eigenvalue weighted by molar-refractivity contribution is -0.122. The van der Waals surface area contributed by atoms with Crippen LogP contribution in [0.1, 0.15) is 12.8 Å². The van der Waals surface area contributed by atoms with E-state index in [1.165, 1.54) is 13.4 Å². The molecule has 0 radical (unpaired) electrons. The molecule has 0 aliphatic carbocycles. The Morgan fingerprint density at radius 1 is 1.44 bits per heavy atom. The van der Waals surface area contributed by atoms with Crippen LogP contribution in [0.2, 0.25) is 0 Å². The summed E-state index contributed by atoms with van der Waals surface area (Å²) in [4.78, 5) is 21.2. The number of amides is 1. The predicted octanol–water partition coefficient (Wildman–Crippen LogP) is -0.231. The summed E-state index contributed by atoms with van der Waals surface area (Å²) in [6.45, 7) is 1.41. The number of carbonyl (C=O) groups is 1. The molecule has 7 nitrogen and oxygen atoms in total. The Hall–Kier alpha value is -2.05. The van der Waals surface area contributed by atoms with Gasteiger partial charge in [-0.15, -0.1) is 0 Å². The maximum absolute atomic E-state index is 11.1. The van der Waals surface area contributed by atoms with E-state index in [1.54, 1.807) is 0 Å². The minimum Gasteiger partial charge on any atom is -0.479 e. The number of hydrogen-bond acceptors (Lipinski definition) is 6. The first-order chi connectivity index (χ1) is 8.63. The quantitative estimate of drug-likeness (QED) is 0.768. The maximum atomic E-state index is 11.1. The molecular formula is C11H17N5O2. The van der Waals surface area contributed by atoms with Crippen LogP contribution in [0.15, 0.2) is 6.33 Å². The Labute approximate surface area is 105 Å². The van der Waals surface area contributed by atoms with Gasteiger partial charge in [0.05, 0.1) is 7.11 Å². The van der Waals surface area contributed by atoms with Crippen molar-refractivity contribution in [1.29, 1.82) is 0 Å². The maximum Gasteiger partial charge on any atom is 0.242 e. The van der Waals surface area contributed by atoms with E-state index >= 15 is 0 Å². The second-order valence-corrected chi connectivity index (χ2v) is 4.28. The zero-order valence-electron chi connectivity index (χ0n) is 10.3. The summed E-state index contributed by atoms with van der Waals surface area (Å²) in [7, 11) is 1.52. The first kappa shape index (κ1) is 12.4. The lowest BCUT2D eigenvalue weighted by Gasteiger charge is -2.32. The third-order valence-corrected chi connectivity index (χ3v) is 3.22. The molecule has 0 spiro atoms. The van der Waals surface area contributed by atoms with Gasteiger partial charge in [0.2, 0.25) is 11.8 Å². The SMILES string of the molecule is COc1ncnc(N2CCC(C(N)=O)CC2)c1N. The molecule has 1 fully saturated rings. The number of aromatic nitrogens is 2. The van der Waals surface area contributed by atoms with Gasteiger partial charge in [0.15, 0.2) is 5.82 Å². The van der Waals surface area contributed by atoms with Gasteiger partial charge in [0, 0.05) is 19.0 Å². The highest BCUT2D eigenvalue weighted by Crippen LogP contribution is 2.30. The number of anilines is 2. The Bertz CT molecular complexity index is 443. The molecule has 4 N–H and O–H groups in total. The number of ether oxygens (including phenoxy) is 1. The summed E-state index contributed by atoms with van der Waals surface area (Å²) in [5, 5.41) is 0. The monoisotopic (exact) mass is 251 g/mol. The van der Waals surface area contributed by atoms with Gasteiger partial charge in [-0.25, -0.2) is 4.98 Å². The van der Waals surface area contributed by atoms with Crippen LogP contribution in [-0.4, -0.2) is 36.1 Å². The number of primary amides is 1. The molecule has 1 aliphatic rings. The molecule has 1 saturated heterocycles. The molecule has 0 atom stereocenters. The minimum absolute atomic E-state index is 0.0498. The zero-order valence-corrected chi connectivity index (χ0v) is 10.3. The predicted molar refractivity (Wildman–Crippen MR) is 67.1 cm³/mol. The molecule has 1 aromatic heterocycles. The molecule has 1 aromatic rings. The molecule has 7 heteroatoms. The summed E-state index contributed by atoms with van der Waals surface area (Å²) in [5.41, 5.74) is 11.7. The fourth-order valence-corrected chi connectivity index (χ4v) is 2.16. The van der Waals surface area contributed by atoms with E-state index in [2.05, 4.69) is 9.97 Å². The van der Waals surface area contributed by atoms with Gasteiger partial charge in [0.25, 0.3) is 0 Å². The van der Waals surface area contributed by atoms with Gasteiger partial charge in [-0.05, 0) is 12.8 Å². The molecule has 0 unspecified atom stereocenters. The highest BCUT2D eigenvalue weighted by Gasteiger charge is 2.25. The van der Waals surface area contributed by atoms with Gasteiger partial charge >= 0.3 is 0 Å². The molecule has 0 saturated carbocycles. The van der Waals surface area contributed by atoms with Crippen molar-refractivity contribution in [3.8, 4) is 5.88 Å². The average Bonchev–Trinajstić information content (AvgIpc) is 2.39. The highest BCUT2D eigenvalue weighted by atomic mass is 16.5. The zero-order chi connectivity index (χ0) is 13.1. The van der Waals surface area contributed by atoms with Crippen LogP contribution in [0.25, 0.3) is 0 Å². The van der Waals surface area contributed by atoms with Crippen LogP contribution < -0.4 is 21.1 Å². The van der Waals surface area contributed by atoms with E-state index in [0.717, 1.165) is 12.8 Å². The molecule has 2 heterocycles. The summed E-state index contributed by atoms with van der Waals surface area (Å²) < 4.78 is 5.06. The van der Waals surface area contributed by atoms with Crippen LogP contribution in [0.5, 0.6) is 5.88 Å². The molecule has 98 valence electrons. The van der Waals surface area contributed by atoms with Crippen LogP contribution in [-0.2, 0) is 4.79 Å². The first-order valence-corrected chi connectivity index (χ1v) is 5.82. The Morgan fingerprint density at radius 2 is 2.11 bits per heavy atom. The normalized spacial score (nSPS) is 16.6. The standard InChI is InChI=1S/C11H17N5O2/c1-18-11-8(12)10(14-6-15-11)16-4-2-7(3-5-16)9(13)17/h6-7H,2-5,12H2,1H3,(H2,13,17). The van der Waals surface area contributed by atoms with Crippen LogP contribution in [0.4, 0.5) is 11.5 Å². The van der Waals surface area contributed by atoms with Crippen LogP contribution in [0.3, 0.4) is 0 Å². The van der Waals surface area contributed by atoms with E-state index in [0.29, 0.717) is 30.5 Å². The van der Waals surface area contributed by atoms with Gasteiger partial charge in [-0.2, -0.15) is 4.98 Å². The van der Waals surface area contributed by atoms with E-state index < -0.39 is 0 Å². The number of hydrogen-bond donors (Lipinski definition) is 2. The fraction of sp³-hybridized carbons (Fsp3) is 0.545. The molecule has 2 rings (SSSR count). The summed E-state index contributed by atoms with van der Waals surface area (Å²) >= 11 is 0. The molecule has 18 heavy (non-hydrogen) atoms. The topological polar surface area (TPSA) is 107 Å². The van der Waals surface area contributed by atoms with Crippen molar-refractivity contribution in [2.75, 3.05) is 30.8 Å². The second kappa shape index (κ2) is 5.07. The largest absolute Gasteiger partial charge is 0.479 e. The van der Waals surface area contributed by atoms with Gasteiger partial charge < -0.3 is 21.1 Å². The van der Waals surface area contributed by atoms with Crippen molar-refractivity contribution >= 4 is 17.4 Å². The van der Waals surface area contributed by atoms with Crippen molar-refractivity contribution in [3.63, 3.8) is 0 Å². The first-order valence-electron chi connectivity index (χ1n) is 5.82. The van der Waals surface area contributed by atoms with Crippen molar-refractivity contribution in [1.82, 2.24) is 9.97 Å². The molecule has 1 aliphatic heterocycles. The number of piperidine rings is 1. The van der Waals surface area contributed by atoms with Gasteiger partial charge in [0.1, 0.15) is 12.0 Å². The number of nitrogen functional groups attached to an aromatic ring is 1. The van der Waals surface area contributed by atoms with Crippen molar-refractivity contribution in [2.45, 2.75) is 12.8 Å². The van der Waals surface area contributed by atoms with Crippen LogP contribution in [0, 0.1) is 5.92 Å². The molecule has 1 amide bonds. The number of nitrogens with zero attached hydrogens (tertiary/aromatic N) is 3. The van der Waals surface area contributed by atoms with Gasteiger partial charge in [-0.1, -0.05) is 0 Å². The highest BCUT2D eigenvalue weighted by molar-refractivity contribution is 5.77. The lowest BCUT2D eigenvalue weighted by atomic mass is 9.96. The summed E-state index contributed by atoms with van der Waals surface area (Å²) in [5.74, 6) is 0.746. The third-order valence-electron chi connectivity index (χ3n) is 3.22. The number of nitrogens with two attached hydrogens (primary N) is 2. The smallest absolute Gasteiger partial charge is 0.242 e. The molecule has 0 bridgehead atoms. The molecule has 0 aromatic carbocycles. The third kappa shape index (κ3) is 2.29. The van der Waals surface area contributed by atoms with E-state index in [-0.39, 0.29) is 11.8 Å². The Kier molecular flexibility index (Phi) is 3.50. The average molecular weight is 251 g/mol.